The van der Waals surface area contributed by atoms with Crippen LogP contribution in [0, 0.1) is 20.5 Å². The molecule has 0 aliphatic rings. The number of pyridine rings is 4. The Balaban J connectivity index is 0.000000392. The van der Waals surface area contributed by atoms with Crippen LogP contribution in [0.3, 0.4) is 0 Å². The van der Waals surface area contributed by atoms with Crippen LogP contribution in [0.4, 0.5) is 22.7 Å². The summed E-state index contributed by atoms with van der Waals surface area (Å²) in [5, 5.41) is 0. The molecule has 10 rings (SSSR count). The van der Waals surface area contributed by atoms with Gasteiger partial charge in [0.1, 0.15) is 23.0 Å². The molecule has 4 heterocycles. The predicted octanol–water partition coefficient (Wildman–Crippen LogP) is 9.11. The minimum atomic E-state index is -4.94. The molecule has 0 N–H and O–H groups in total. The van der Waals surface area contributed by atoms with Crippen molar-refractivity contribution in [3.63, 3.8) is 0 Å². The fourth-order valence-corrected chi connectivity index (χ4v) is 7.65. The van der Waals surface area contributed by atoms with Gasteiger partial charge < -0.3 is 18.9 Å². The van der Waals surface area contributed by atoms with Gasteiger partial charge in [0.2, 0.25) is 0 Å². The summed E-state index contributed by atoms with van der Waals surface area (Å²) in [7, 11) is -3.30. The standard InChI is InChI=1S/2C32H26N4O2.2CHCl3.2ClHO4.2Cu/c2*1-37-29-16-12-25(13-17-29)33-21-27-8-4-10-31(35-27)23-6-3-7-24(20-23)32-11-5-9-28(36-32)22-34-26-14-18-30(38-2)19-15-26;2*2-1(3)4;2*2-1(3,4)5;;/h2*3-22H,1-2H3;2*1H;2*(H,2,3,4,5);;/q;;;;;;2*+1/p-2. The summed E-state index contributed by atoms with van der Waals surface area (Å²) in [5.41, 5.74) is 13.9. The molecule has 0 aliphatic heterocycles. The molecule has 0 radical (unpaired) electrons. The largest absolute Gasteiger partial charge is 1.00 e. The number of ether oxygens (including phenoxy) is 4. The second kappa shape index (κ2) is 43.9. The van der Waals surface area contributed by atoms with Crippen molar-refractivity contribution in [2.24, 2.45) is 20.0 Å². The van der Waals surface area contributed by atoms with Crippen LogP contribution < -0.4 is 56.2 Å². The fraction of sp³-hybridized carbons (Fsp3) is 0.0909. The number of alkyl halides is 6. The van der Waals surface area contributed by atoms with E-state index in [2.05, 4.69) is 32.1 Å². The molecule has 96 heavy (non-hydrogen) atoms. The van der Waals surface area contributed by atoms with Crippen molar-refractivity contribution in [2.45, 2.75) is 8.59 Å². The predicted molar refractivity (Wildman–Crippen MR) is 349 cm³/mol. The number of halogens is 8. The second-order valence-corrected chi connectivity index (χ2v) is 23.5. The molecule has 508 valence electrons. The Morgan fingerprint density at radius 3 is 0.635 bits per heavy atom. The number of aromatic nitrogens is 4. The monoisotopic (exact) mass is 1560 g/mol. The molecule has 0 bridgehead atoms. The fourth-order valence-electron chi connectivity index (χ4n) is 7.65. The summed E-state index contributed by atoms with van der Waals surface area (Å²) in [6.45, 7) is 0. The minimum absolute atomic E-state index is 0. The van der Waals surface area contributed by atoms with E-state index < -0.39 is 29.1 Å². The number of benzene rings is 6. The Hall–Kier alpha value is -7.16. The summed E-state index contributed by atoms with van der Waals surface area (Å²) in [4.78, 5) is 37.3. The van der Waals surface area contributed by atoms with Crippen LogP contribution in [0.1, 0.15) is 22.8 Å². The van der Waals surface area contributed by atoms with Crippen molar-refractivity contribution in [3.05, 3.63) is 241 Å². The molecule has 0 amide bonds. The Labute approximate surface area is 609 Å². The molecule has 6 aromatic carbocycles. The molecule has 30 heteroatoms. The van der Waals surface area contributed by atoms with E-state index in [4.69, 9.17) is 146 Å². The van der Waals surface area contributed by atoms with Crippen LogP contribution in [0.25, 0.3) is 45.0 Å². The third-order valence-corrected chi connectivity index (χ3v) is 11.7. The van der Waals surface area contributed by atoms with E-state index in [1.807, 2.05) is 206 Å². The summed E-state index contributed by atoms with van der Waals surface area (Å²) in [6, 6.07) is 70.4. The Kier molecular flexibility index (Phi) is 38.0. The van der Waals surface area contributed by atoms with Crippen LogP contribution in [-0.2, 0) is 34.1 Å². The summed E-state index contributed by atoms with van der Waals surface area (Å²) in [6.07, 6.45) is 7.06. The van der Waals surface area contributed by atoms with Gasteiger partial charge in [0.25, 0.3) is 0 Å². The number of hydrogen-bond acceptors (Lipinski definition) is 20. The molecule has 0 spiro atoms. The first kappa shape index (κ1) is 83.1. The molecule has 0 fully saturated rings. The Morgan fingerprint density at radius 2 is 0.469 bits per heavy atom. The van der Waals surface area contributed by atoms with E-state index in [1.165, 1.54) is 0 Å². The SMILES string of the molecule is COc1ccc(N=Cc2cccc(-c3cccc(-c4cccc(C=Nc5ccc(OC)cc5)n4)c3)n2)cc1.COc1ccc(N=Cc2cccc(-c3cccc(-c4cccc(C=Nc5ccc(OC)cc5)n4)c3)n2)cc1.ClC(Cl)Cl.ClC(Cl)Cl.[Cu+].[Cu+].[O-][Cl+3]([O-])([O-])[O-].[O-][Cl+3]([O-])([O-])[O-]. The first-order valence-corrected chi connectivity index (χ1v) is 31.9. The van der Waals surface area contributed by atoms with E-state index in [9.17, 15) is 0 Å². The van der Waals surface area contributed by atoms with Crippen molar-refractivity contribution in [1.82, 2.24) is 19.9 Å². The van der Waals surface area contributed by atoms with Crippen molar-refractivity contribution in [2.75, 3.05) is 28.4 Å². The molecule has 0 unspecified atom stereocenters. The number of nitrogens with zero attached hydrogens (tertiary/aromatic N) is 8. The van der Waals surface area contributed by atoms with Gasteiger partial charge in [-0.15, -0.1) is 20.5 Å². The molecule has 0 saturated carbocycles. The zero-order valence-corrected chi connectivity index (χ0v) is 58.3. The normalized spacial score (nSPS) is 10.9. The van der Waals surface area contributed by atoms with Gasteiger partial charge in [0.15, 0.2) is 8.59 Å². The number of rotatable bonds is 16. The van der Waals surface area contributed by atoms with Gasteiger partial charge in [0, 0.05) is 22.3 Å². The van der Waals surface area contributed by atoms with Crippen molar-refractivity contribution in [1.29, 1.82) is 0 Å². The van der Waals surface area contributed by atoms with Gasteiger partial charge in [-0.25, -0.2) is 57.2 Å². The number of aliphatic imine (C=N–C) groups is 4. The molecule has 0 saturated heterocycles. The van der Waals surface area contributed by atoms with Gasteiger partial charge in [0.05, 0.1) is 122 Å². The third-order valence-electron chi connectivity index (χ3n) is 11.7. The van der Waals surface area contributed by atoms with Gasteiger partial charge in [-0.1, -0.05) is 130 Å². The number of hydrogen-bond donors (Lipinski definition) is 0. The molecular weight excluding hydrogens is 1510 g/mol. The number of methoxy groups -OCH3 is 4. The molecule has 10 aromatic rings. The molecule has 20 nitrogen and oxygen atoms in total. The summed E-state index contributed by atoms with van der Waals surface area (Å²) in [5.74, 6) is 3.20. The van der Waals surface area contributed by atoms with Crippen molar-refractivity contribution >= 4 is 117 Å². The summed E-state index contributed by atoms with van der Waals surface area (Å²) >= 11 is 28.8. The molecule has 0 aliphatic carbocycles. The van der Waals surface area contributed by atoms with Crippen LogP contribution in [0.2, 0.25) is 0 Å². The van der Waals surface area contributed by atoms with Crippen LogP contribution in [0.5, 0.6) is 23.0 Å². The zero-order valence-electron chi connectivity index (χ0n) is 50.4. The quantitative estimate of drug-likeness (QED) is 0.0494. The van der Waals surface area contributed by atoms with Crippen LogP contribution in [-0.4, -0.2) is 81.8 Å². The van der Waals surface area contributed by atoms with E-state index in [0.29, 0.717) is 0 Å². The average molecular weight is 1560 g/mol. The zero-order chi connectivity index (χ0) is 68.5. The maximum atomic E-state index is 8.49. The van der Waals surface area contributed by atoms with Gasteiger partial charge >= 0.3 is 34.1 Å². The molecule has 0 atom stereocenters. The van der Waals surface area contributed by atoms with Crippen molar-refractivity contribution in [3.8, 4) is 68.0 Å². The van der Waals surface area contributed by atoms with E-state index in [1.54, 1.807) is 53.3 Å². The Bertz CT molecular complexity index is 3520. The maximum absolute atomic E-state index is 8.49. The smallest absolute Gasteiger partial charge is 0.497 e. The topological polar surface area (TPSA) is 322 Å². The second-order valence-electron chi connectivity index (χ2n) is 18.0. The molecular formula is C66H54Cl8Cu2N8O12. The summed E-state index contributed by atoms with van der Waals surface area (Å²) < 4.78 is 87.3. The molecule has 4 aromatic heterocycles. The van der Waals surface area contributed by atoms with Gasteiger partial charge in [-0.05, 0) is 158 Å². The van der Waals surface area contributed by atoms with Crippen LogP contribution in [0.15, 0.2) is 238 Å². The Morgan fingerprint density at radius 1 is 0.302 bits per heavy atom. The minimum Gasteiger partial charge on any atom is -0.497 e. The first-order valence-electron chi connectivity index (χ1n) is 26.8. The van der Waals surface area contributed by atoms with Gasteiger partial charge in [-0.3, -0.25) is 20.0 Å². The van der Waals surface area contributed by atoms with Crippen LogP contribution >= 0.6 is 69.6 Å². The average Bonchev–Trinajstić information content (AvgIpc) is 0.855. The van der Waals surface area contributed by atoms with Gasteiger partial charge in [-0.2, -0.15) is 0 Å². The first-order chi connectivity index (χ1) is 44.9. The van der Waals surface area contributed by atoms with E-state index in [0.717, 1.165) is 114 Å². The van der Waals surface area contributed by atoms with E-state index in [-0.39, 0.29) is 34.1 Å². The third kappa shape index (κ3) is 34.2. The maximum Gasteiger partial charge on any atom is 1.00 e. The van der Waals surface area contributed by atoms with E-state index >= 15 is 0 Å². The van der Waals surface area contributed by atoms with Crippen molar-refractivity contribution < 1.29 is 111 Å².